The summed E-state index contributed by atoms with van der Waals surface area (Å²) < 4.78 is 7.91. The minimum atomic E-state index is 0.166. The molecule has 0 atom stereocenters. The molecule has 0 fully saturated rings. The van der Waals surface area contributed by atoms with Gasteiger partial charge in [0.1, 0.15) is 5.75 Å². The molecular formula is C12H13BrClN3O. The Kier molecular flexibility index (Phi) is 3.92. The number of hydrogen-bond acceptors (Lipinski definition) is 3. The van der Waals surface area contributed by atoms with E-state index >= 15 is 0 Å². The van der Waals surface area contributed by atoms with Crippen LogP contribution in [-0.2, 0) is 0 Å². The lowest BCUT2D eigenvalue weighted by atomic mass is 10.2. The molecule has 18 heavy (non-hydrogen) atoms. The van der Waals surface area contributed by atoms with Crippen LogP contribution in [0.25, 0.3) is 0 Å². The number of aryl methyl sites for hydroxylation is 1. The number of hydrogen-bond donors (Lipinski definition) is 0. The number of benzene rings is 1. The molecule has 4 nitrogen and oxygen atoms in total. The van der Waals surface area contributed by atoms with E-state index in [0.717, 1.165) is 5.56 Å². The fourth-order valence-corrected chi connectivity index (χ4v) is 1.93. The SMILES string of the molecule is Cc1ccc(Oc2nc(Br)nn2C(C)C)cc1Cl. The molecule has 1 aromatic carbocycles. The zero-order valence-electron chi connectivity index (χ0n) is 10.3. The van der Waals surface area contributed by atoms with Gasteiger partial charge in [-0.05, 0) is 54.4 Å². The van der Waals surface area contributed by atoms with Gasteiger partial charge in [-0.25, -0.2) is 4.68 Å². The van der Waals surface area contributed by atoms with E-state index in [9.17, 15) is 0 Å². The van der Waals surface area contributed by atoms with E-state index in [1.807, 2.05) is 32.9 Å². The van der Waals surface area contributed by atoms with E-state index < -0.39 is 0 Å². The van der Waals surface area contributed by atoms with Crippen LogP contribution in [0.3, 0.4) is 0 Å². The van der Waals surface area contributed by atoms with E-state index in [0.29, 0.717) is 21.5 Å². The largest absolute Gasteiger partial charge is 0.424 e. The quantitative estimate of drug-likeness (QED) is 0.838. The van der Waals surface area contributed by atoms with Crippen LogP contribution >= 0.6 is 27.5 Å². The molecule has 0 saturated heterocycles. The highest BCUT2D eigenvalue weighted by Gasteiger charge is 2.13. The lowest BCUT2D eigenvalue weighted by molar-refractivity contribution is 0.376. The van der Waals surface area contributed by atoms with Crippen molar-refractivity contribution >= 4 is 27.5 Å². The summed E-state index contributed by atoms with van der Waals surface area (Å²) in [5.41, 5.74) is 1.01. The summed E-state index contributed by atoms with van der Waals surface area (Å²) in [6, 6.07) is 6.14. The van der Waals surface area contributed by atoms with Crippen molar-refractivity contribution in [2.75, 3.05) is 0 Å². The van der Waals surface area contributed by atoms with Crippen molar-refractivity contribution in [1.82, 2.24) is 14.8 Å². The Hall–Kier alpha value is -1.07. The second-order valence-corrected chi connectivity index (χ2v) is 5.33. The monoisotopic (exact) mass is 329 g/mol. The smallest absolute Gasteiger partial charge is 0.321 e. The van der Waals surface area contributed by atoms with Crippen molar-refractivity contribution < 1.29 is 4.74 Å². The number of ether oxygens (including phenoxy) is 1. The molecule has 6 heteroatoms. The standard InChI is InChI=1S/C12H13BrClN3O/c1-7(2)17-12(15-11(13)16-17)18-9-5-4-8(3)10(14)6-9/h4-7H,1-3H3. The van der Waals surface area contributed by atoms with Crippen LogP contribution in [0, 0.1) is 6.92 Å². The fraction of sp³-hybridized carbons (Fsp3) is 0.333. The normalized spacial score (nSPS) is 11.0. The summed E-state index contributed by atoms with van der Waals surface area (Å²) in [6.07, 6.45) is 0. The maximum absolute atomic E-state index is 6.06. The van der Waals surface area contributed by atoms with Gasteiger partial charge in [-0.2, -0.15) is 4.98 Å². The molecule has 0 unspecified atom stereocenters. The Morgan fingerprint density at radius 3 is 2.72 bits per heavy atom. The van der Waals surface area contributed by atoms with E-state index in [-0.39, 0.29) is 6.04 Å². The van der Waals surface area contributed by atoms with Gasteiger partial charge in [-0.15, -0.1) is 5.10 Å². The van der Waals surface area contributed by atoms with Gasteiger partial charge in [0.2, 0.25) is 4.73 Å². The summed E-state index contributed by atoms with van der Waals surface area (Å²) in [6.45, 7) is 5.96. The molecule has 0 aliphatic rings. The molecule has 2 rings (SSSR count). The van der Waals surface area contributed by atoms with Gasteiger partial charge < -0.3 is 4.74 Å². The second-order valence-electron chi connectivity index (χ2n) is 4.21. The third-order valence-corrected chi connectivity index (χ3v) is 3.16. The lowest BCUT2D eigenvalue weighted by Gasteiger charge is -2.10. The molecule has 0 aliphatic carbocycles. The summed E-state index contributed by atoms with van der Waals surface area (Å²) in [5.74, 6) is 0.646. The van der Waals surface area contributed by atoms with E-state index in [1.165, 1.54) is 0 Å². The lowest BCUT2D eigenvalue weighted by Crippen LogP contribution is -2.05. The summed E-state index contributed by atoms with van der Waals surface area (Å²) in [4.78, 5) is 4.18. The van der Waals surface area contributed by atoms with Gasteiger partial charge in [-0.3, -0.25) is 0 Å². The van der Waals surface area contributed by atoms with Crippen molar-refractivity contribution in [3.05, 3.63) is 33.5 Å². The molecule has 0 N–H and O–H groups in total. The number of nitrogens with zero attached hydrogens (tertiary/aromatic N) is 3. The van der Waals surface area contributed by atoms with Crippen LogP contribution in [0.15, 0.2) is 22.9 Å². The summed E-state index contributed by atoms with van der Waals surface area (Å²) >= 11 is 9.30. The fourth-order valence-electron chi connectivity index (χ4n) is 1.43. The van der Waals surface area contributed by atoms with E-state index in [4.69, 9.17) is 16.3 Å². The highest BCUT2D eigenvalue weighted by molar-refractivity contribution is 9.10. The van der Waals surface area contributed by atoms with Crippen LogP contribution in [0.2, 0.25) is 5.02 Å². The topological polar surface area (TPSA) is 39.9 Å². The predicted molar refractivity (Wildman–Crippen MR) is 74.4 cm³/mol. The molecule has 0 saturated carbocycles. The van der Waals surface area contributed by atoms with Crippen molar-refractivity contribution in [2.24, 2.45) is 0 Å². The molecule has 0 bridgehead atoms. The first-order valence-electron chi connectivity index (χ1n) is 5.53. The van der Waals surface area contributed by atoms with Gasteiger partial charge in [-0.1, -0.05) is 17.7 Å². The Labute approximate surface area is 119 Å². The molecular weight excluding hydrogens is 318 g/mol. The minimum absolute atomic E-state index is 0.166. The van der Waals surface area contributed by atoms with Gasteiger partial charge in [0, 0.05) is 5.02 Å². The molecule has 0 aliphatic heterocycles. The molecule has 1 aromatic heterocycles. The zero-order chi connectivity index (χ0) is 13.3. The van der Waals surface area contributed by atoms with Crippen LogP contribution in [0.1, 0.15) is 25.5 Å². The second kappa shape index (κ2) is 5.28. The Balaban J connectivity index is 2.30. The maximum atomic E-state index is 6.06. The highest BCUT2D eigenvalue weighted by atomic mass is 79.9. The number of rotatable bonds is 3. The Morgan fingerprint density at radius 1 is 1.39 bits per heavy atom. The van der Waals surface area contributed by atoms with E-state index in [1.54, 1.807) is 10.7 Å². The Morgan fingerprint density at radius 2 is 2.11 bits per heavy atom. The van der Waals surface area contributed by atoms with Gasteiger partial charge in [0.15, 0.2) is 0 Å². The highest BCUT2D eigenvalue weighted by Crippen LogP contribution is 2.27. The van der Waals surface area contributed by atoms with Crippen LogP contribution in [-0.4, -0.2) is 14.8 Å². The predicted octanol–water partition coefficient (Wildman–Crippen LogP) is 4.38. The van der Waals surface area contributed by atoms with Gasteiger partial charge in [0.25, 0.3) is 0 Å². The van der Waals surface area contributed by atoms with Crippen molar-refractivity contribution in [1.29, 1.82) is 0 Å². The van der Waals surface area contributed by atoms with Crippen LogP contribution < -0.4 is 4.74 Å². The van der Waals surface area contributed by atoms with Crippen LogP contribution in [0.5, 0.6) is 11.8 Å². The average Bonchev–Trinajstić information content (AvgIpc) is 2.65. The minimum Gasteiger partial charge on any atom is -0.424 e. The number of halogens is 2. The summed E-state index contributed by atoms with van der Waals surface area (Å²) in [5, 5.41) is 4.88. The molecule has 0 amide bonds. The first kappa shape index (κ1) is 13.4. The van der Waals surface area contributed by atoms with E-state index in [2.05, 4.69) is 26.0 Å². The molecule has 0 spiro atoms. The number of aromatic nitrogens is 3. The zero-order valence-corrected chi connectivity index (χ0v) is 12.7. The molecule has 1 heterocycles. The molecule has 0 radical (unpaired) electrons. The van der Waals surface area contributed by atoms with Crippen LogP contribution in [0.4, 0.5) is 0 Å². The maximum Gasteiger partial charge on any atom is 0.321 e. The molecule has 96 valence electrons. The first-order chi connectivity index (χ1) is 8.47. The third-order valence-electron chi connectivity index (χ3n) is 2.42. The van der Waals surface area contributed by atoms with Gasteiger partial charge in [0.05, 0.1) is 6.04 Å². The van der Waals surface area contributed by atoms with Gasteiger partial charge >= 0.3 is 6.01 Å². The Bertz CT molecular complexity index is 568. The third kappa shape index (κ3) is 2.84. The average molecular weight is 331 g/mol. The molecule has 2 aromatic rings. The van der Waals surface area contributed by atoms with Crippen molar-refractivity contribution in [2.45, 2.75) is 26.8 Å². The summed E-state index contributed by atoms with van der Waals surface area (Å²) in [7, 11) is 0. The first-order valence-corrected chi connectivity index (χ1v) is 6.70. The van der Waals surface area contributed by atoms with Crippen molar-refractivity contribution in [3.8, 4) is 11.8 Å². The van der Waals surface area contributed by atoms with Crippen molar-refractivity contribution in [3.63, 3.8) is 0 Å².